The van der Waals surface area contributed by atoms with Gasteiger partial charge in [-0.15, -0.1) is 0 Å². The van der Waals surface area contributed by atoms with Gasteiger partial charge in [0.05, 0.1) is 17.1 Å². The number of rotatable bonds is 0. The van der Waals surface area contributed by atoms with Crippen LogP contribution in [-0.2, 0) is 0 Å². The highest BCUT2D eigenvalue weighted by Gasteiger charge is 2.17. The van der Waals surface area contributed by atoms with Gasteiger partial charge in [-0.1, -0.05) is 18.2 Å². The van der Waals surface area contributed by atoms with E-state index in [-0.39, 0.29) is 0 Å². The van der Waals surface area contributed by atoms with Gasteiger partial charge in [-0.25, -0.2) is 0 Å². The molecule has 0 amide bonds. The molecule has 3 N–H and O–H groups in total. The molecule has 0 atom stereocenters. The number of hydrogen-bond acceptors (Lipinski definition) is 3. The summed E-state index contributed by atoms with van der Waals surface area (Å²) in [6, 6.07) is 13.5. The lowest BCUT2D eigenvalue weighted by Gasteiger charge is -2.22. The molecule has 2 aromatic carbocycles. The average Bonchev–Trinajstić information content (AvgIpc) is 2.27. The lowest BCUT2D eigenvalue weighted by molar-refractivity contribution is 0.483. The van der Waals surface area contributed by atoms with Crippen LogP contribution in [0.15, 0.2) is 42.5 Å². The number of nitrogens with two attached hydrogens (primary N) is 1. The summed E-state index contributed by atoms with van der Waals surface area (Å²) in [6.45, 7) is 0. The second-order valence-electron chi connectivity index (χ2n) is 3.45. The van der Waals surface area contributed by atoms with Crippen LogP contribution in [0.1, 0.15) is 0 Å². The molecule has 0 radical (unpaired) electrons. The van der Waals surface area contributed by atoms with E-state index in [9.17, 15) is 0 Å². The van der Waals surface area contributed by atoms with Crippen molar-refractivity contribution in [3.8, 4) is 11.5 Å². The summed E-state index contributed by atoms with van der Waals surface area (Å²) < 4.78 is 5.72. The van der Waals surface area contributed by atoms with Crippen molar-refractivity contribution in [2.24, 2.45) is 0 Å². The number of hydrogen-bond donors (Lipinski definition) is 2. The average molecular weight is 198 g/mol. The van der Waals surface area contributed by atoms with Crippen LogP contribution in [0.2, 0.25) is 0 Å². The Morgan fingerprint density at radius 2 is 1.73 bits per heavy atom. The molecule has 15 heavy (non-hydrogen) atoms. The molecule has 2 aromatic rings. The summed E-state index contributed by atoms with van der Waals surface area (Å²) in [6.07, 6.45) is 0. The van der Waals surface area contributed by atoms with E-state index in [1.807, 2.05) is 42.5 Å². The fourth-order valence-corrected chi connectivity index (χ4v) is 1.68. The Kier molecular flexibility index (Phi) is 1.59. The number of fused-ring (bicyclic) bond motifs is 2. The minimum atomic E-state index is 0.648. The summed E-state index contributed by atoms with van der Waals surface area (Å²) in [5, 5.41) is 3.28. The molecule has 1 heterocycles. The van der Waals surface area contributed by atoms with E-state index in [0.29, 0.717) is 11.4 Å². The number of anilines is 3. The lowest BCUT2D eigenvalue weighted by Crippen LogP contribution is -2.04. The largest absolute Gasteiger partial charge is 0.451 e. The molecular formula is C12H10N2O. The summed E-state index contributed by atoms with van der Waals surface area (Å²) in [7, 11) is 0. The zero-order valence-corrected chi connectivity index (χ0v) is 8.03. The van der Waals surface area contributed by atoms with Crippen molar-refractivity contribution in [2.45, 2.75) is 0 Å². The number of ether oxygens (including phenoxy) is 1. The Morgan fingerprint density at radius 3 is 2.67 bits per heavy atom. The van der Waals surface area contributed by atoms with Gasteiger partial charge < -0.3 is 15.8 Å². The van der Waals surface area contributed by atoms with Crippen LogP contribution in [0.3, 0.4) is 0 Å². The monoisotopic (exact) mass is 198 g/mol. The Labute approximate surface area is 87.5 Å². The minimum absolute atomic E-state index is 0.648. The van der Waals surface area contributed by atoms with Crippen molar-refractivity contribution < 1.29 is 4.74 Å². The highest BCUT2D eigenvalue weighted by Crippen LogP contribution is 2.44. The van der Waals surface area contributed by atoms with Crippen molar-refractivity contribution >= 4 is 17.1 Å². The maximum Gasteiger partial charge on any atom is 0.173 e. The van der Waals surface area contributed by atoms with E-state index < -0.39 is 0 Å². The fourth-order valence-electron chi connectivity index (χ4n) is 1.68. The Hall–Kier alpha value is -2.16. The molecule has 0 saturated carbocycles. The normalized spacial score (nSPS) is 12.0. The van der Waals surface area contributed by atoms with Crippen LogP contribution in [0.4, 0.5) is 17.1 Å². The smallest absolute Gasteiger partial charge is 0.173 e. The topological polar surface area (TPSA) is 47.3 Å². The van der Waals surface area contributed by atoms with Gasteiger partial charge in [-0.05, 0) is 24.3 Å². The SMILES string of the molecule is Nc1cccc2c1Oc1ccccc1N2. The highest BCUT2D eigenvalue weighted by molar-refractivity contribution is 5.80. The fraction of sp³-hybridized carbons (Fsp3) is 0. The molecule has 0 bridgehead atoms. The van der Waals surface area contributed by atoms with Crippen molar-refractivity contribution in [2.75, 3.05) is 11.1 Å². The summed E-state index contributed by atoms with van der Waals surface area (Å²) >= 11 is 0. The summed E-state index contributed by atoms with van der Waals surface area (Å²) in [4.78, 5) is 0. The summed E-state index contributed by atoms with van der Waals surface area (Å²) in [5.74, 6) is 1.51. The van der Waals surface area contributed by atoms with Crippen LogP contribution in [-0.4, -0.2) is 0 Å². The van der Waals surface area contributed by atoms with Gasteiger partial charge in [0.1, 0.15) is 0 Å². The van der Waals surface area contributed by atoms with E-state index in [1.165, 1.54) is 0 Å². The molecule has 3 nitrogen and oxygen atoms in total. The third-order valence-electron chi connectivity index (χ3n) is 2.41. The standard InChI is InChI=1S/C12H10N2O/c13-8-4-3-6-10-12(8)15-11-7-2-1-5-9(11)14-10/h1-7,14H,13H2. The van der Waals surface area contributed by atoms with Gasteiger partial charge in [0, 0.05) is 0 Å². The number of nitrogen functional groups attached to an aromatic ring is 1. The molecule has 3 rings (SSSR count). The first-order chi connectivity index (χ1) is 7.34. The van der Waals surface area contributed by atoms with Crippen LogP contribution < -0.4 is 15.8 Å². The Bertz CT molecular complexity index is 523. The molecule has 0 saturated heterocycles. The lowest BCUT2D eigenvalue weighted by atomic mass is 10.2. The third kappa shape index (κ3) is 1.21. The maximum absolute atomic E-state index is 5.83. The molecule has 74 valence electrons. The van der Waals surface area contributed by atoms with Crippen LogP contribution in [0.25, 0.3) is 0 Å². The first-order valence-corrected chi connectivity index (χ1v) is 4.77. The van der Waals surface area contributed by atoms with E-state index >= 15 is 0 Å². The van der Waals surface area contributed by atoms with E-state index in [0.717, 1.165) is 17.1 Å². The molecule has 0 spiro atoms. The molecule has 1 aliphatic rings. The van der Waals surface area contributed by atoms with Crippen LogP contribution in [0.5, 0.6) is 11.5 Å². The molecular weight excluding hydrogens is 188 g/mol. The van der Waals surface area contributed by atoms with Crippen molar-refractivity contribution in [1.82, 2.24) is 0 Å². The van der Waals surface area contributed by atoms with Crippen LogP contribution >= 0.6 is 0 Å². The number of para-hydroxylation sites is 3. The Balaban J connectivity index is 2.15. The molecule has 0 aromatic heterocycles. The predicted octanol–water partition coefficient (Wildman–Crippen LogP) is 3.12. The molecule has 0 fully saturated rings. The van der Waals surface area contributed by atoms with Gasteiger partial charge in [0.15, 0.2) is 11.5 Å². The van der Waals surface area contributed by atoms with Crippen LogP contribution in [0, 0.1) is 0 Å². The quantitative estimate of drug-likeness (QED) is 0.545. The zero-order chi connectivity index (χ0) is 10.3. The van der Waals surface area contributed by atoms with E-state index in [1.54, 1.807) is 0 Å². The summed E-state index contributed by atoms with van der Waals surface area (Å²) in [5.41, 5.74) is 8.36. The molecule has 1 aliphatic heterocycles. The second kappa shape index (κ2) is 2.92. The third-order valence-corrected chi connectivity index (χ3v) is 2.41. The van der Waals surface area contributed by atoms with Crippen molar-refractivity contribution in [1.29, 1.82) is 0 Å². The highest BCUT2D eigenvalue weighted by atomic mass is 16.5. The Morgan fingerprint density at radius 1 is 0.933 bits per heavy atom. The van der Waals surface area contributed by atoms with Gasteiger partial charge in [-0.3, -0.25) is 0 Å². The minimum Gasteiger partial charge on any atom is -0.451 e. The number of benzene rings is 2. The first kappa shape index (κ1) is 8.17. The van der Waals surface area contributed by atoms with Crippen molar-refractivity contribution in [3.63, 3.8) is 0 Å². The second-order valence-corrected chi connectivity index (χ2v) is 3.45. The van der Waals surface area contributed by atoms with Gasteiger partial charge >= 0.3 is 0 Å². The molecule has 0 unspecified atom stereocenters. The first-order valence-electron chi connectivity index (χ1n) is 4.77. The van der Waals surface area contributed by atoms with E-state index in [4.69, 9.17) is 10.5 Å². The van der Waals surface area contributed by atoms with E-state index in [2.05, 4.69) is 5.32 Å². The van der Waals surface area contributed by atoms with Gasteiger partial charge in [0.2, 0.25) is 0 Å². The maximum atomic E-state index is 5.83. The van der Waals surface area contributed by atoms with Gasteiger partial charge in [-0.2, -0.15) is 0 Å². The molecule has 0 aliphatic carbocycles. The van der Waals surface area contributed by atoms with Gasteiger partial charge in [0.25, 0.3) is 0 Å². The van der Waals surface area contributed by atoms with Crippen molar-refractivity contribution in [3.05, 3.63) is 42.5 Å². The zero-order valence-electron chi connectivity index (χ0n) is 8.03. The molecule has 3 heteroatoms. The predicted molar refractivity (Wildman–Crippen MR) is 60.7 cm³/mol. The number of nitrogens with one attached hydrogen (secondary N) is 1.